The smallest absolute Gasteiger partial charge is 0.135 e. The second-order valence-electron chi connectivity index (χ2n) is 2.79. The van der Waals surface area contributed by atoms with Crippen molar-refractivity contribution in [3.8, 4) is 0 Å². The van der Waals surface area contributed by atoms with E-state index in [-0.39, 0.29) is 5.92 Å². The fourth-order valence-electron chi connectivity index (χ4n) is 0.880. The first-order chi connectivity index (χ1) is 4.72. The van der Waals surface area contributed by atoms with Crippen LogP contribution >= 0.6 is 0 Å². The SMILES string of the molecule is CC(C)C([O])c1ccc[nH]1. The lowest BCUT2D eigenvalue weighted by atomic mass is 10.1. The van der Waals surface area contributed by atoms with Crippen LogP contribution in [0.1, 0.15) is 25.6 Å². The van der Waals surface area contributed by atoms with Crippen LogP contribution in [0.3, 0.4) is 0 Å². The molecule has 1 atom stereocenters. The van der Waals surface area contributed by atoms with Gasteiger partial charge in [-0.05, 0) is 18.1 Å². The maximum atomic E-state index is 11.3. The van der Waals surface area contributed by atoms with Gasteiger partial charge in [-0.1, -0.05) is 13.8 Å². The summed E-state index contributed by atoms with van der Waals surface area (Å²) in [5, 5.41) is 11.3. The van der Waals surface area contributed by atoms with Gasteiger partial charge >= 0.3 is 0 Å². The molecule has 0 aromatic carbocycles. The van der Waals surface area contributed by atoms with E-state index in [1.165, 1.54) is 0 Å². The Hall–Kier alpha value is -0.760. The van der Waals surface area contributed by atoms with Gasteiger partial charge in [-0.15, -0.1) is 0 Å². The van der Waals surface area contributed by atoms with Crippen molar-refractivity contribution in [2.24, 2.45) is 5.92 Å². The molecule has 1 N–H and O–H groups in total. The van der Waals surface area contributed by atoms with E-state index < -0.39 is 6.10 Å². The number of aromatic amines is 1. The van der Waals surface area contributed by atoms with Crippen LogP contribution < -0.4 is 0 Å². The van der Waals surface area contributed by atoms with Crippen LogP contribution in [0.25, 0.3) is 0 Å². The van der Waals surface area contributed by atoms with E-state index in [0.717, 1.165) is 5.69 Å². The van der Waals surface area contributed by atoms with E-state index in [1.807, 2.05) is 26.0 Å². The Morgan fingerprint density at radius 3 is 2.60 bits per heavy atom. The lowest BCUT2D eigenvalue weighted by molar-refractivity contribution is 0.0456. The van der Waals surface area contributed by atoms with Crippen LogP contribution in [0, 0.1) is 5.92 Å². The molecule has 0 fully saturated rings. The van der Waals surface area contributed by atoms with Crippen LogP contribution in [0.5, 0.6) is 0 Å². The number of nitrogens with one attached hydrogen (secondary N) is 1. The van der Waals surface area contributed by atoms with Gasteiger partial charge in [0.25, 0.3) is 0 Å². The van der Waals surface area contributed by atoms with Crippen LogP contribution in [0.4, 0.5) is 0 Å². The lowest BCUT2D eigenvalue weighted by Crippen LogP contribution is -2.03. The summed E-state index contributed by atoms with van der Waals surface area (Å²) in [6, 6.07) is 3.68. The van der Waals surface area contributed by atoms with Gasteiger partial charge in [0.15, 0.2) is 0 Å². The van der Waals surface area contributed by atoms with E-state index in [9.17, 15) is 5.11 Å². The van der Waals surface area contributed by atoms with Crippen molar-refractivity contribution >= 4 is 0 Å². The van der Waals surface area contributed by atoms with Crippen molar-refractivity contribution in [2.45, 2.75) is 20.0 Å². The van der Waals surface area contributed by atoms with Crippen LogP contribution in [-0.2, 0) is 5.11 Å². The van der Waals surface area contributed by atoms with E-state index in [4.69, 9.17) is 0 Å². The molecular weight excluding hydrogens is 126 g/mol. The molecular formula is C8H12NO. The van der Waals surface area contributed by atoms with Crippen LogP contribution in [0.15, 0.2) is 18.3 Å². The van der Waals surface area contributed by atoms with Gasteiger partial charge in [0, 0.05) is 11.9 Å². The van der Waals surface area contributed by atoms with Gasteiger partial charge in [-0.3, -0.25) is 0 Å². The topological polar surface area (TPSA) is 35.7 Å². The minimum absolute atomic E-state index is 0.165. The summed E-state index contributed by atoms with van der Waals surface area (Å²) in [4.78, 5) is 2.91. The van der Waals surface area contributed by atoms with Crippen LogP contribution in [0.2, 0.25) is 0 Å². The van der Waals surface area contributed by atoms with Gasteiger partial charge in [-0.25, -0.2) is 5.11 Å². The second kappa shape index (κ2) is 2.88. The normalized spacial score (nSPS) is 14.0. The number of rotatable bonds is 2. The van der Waals surface area contributed by atoms with E-state index in [2.05, 4.69) is 4.98 Å². The highest BCUT2D eigenvalue weighted by Gasteiger charge is 2.13. The van der Waals surface area contributed by atoms with E-state index in [0.29, 0.717) is 0 Å². The summed E-state index contributed by atoms with van der Waals surface area (Å²) in [6.07, 6.45) is 1.18. The molecule has 0 saturated heterocycles. The van der Waals surface area contributed by atoms with Gasteiger partial charge in [0.05, 0.1) is 0 Å². The molecule has 0 aliphatic carbocycles. The van der Waals surface area contributed by atoms with Crippen molar-refractivity contribution in [1.29, 1.82) is 0 Å². The van der Waals surface area contributed by atoms with Crippen LogP contribution in [-0.4, -0.2) is 4.98 Å². The van der Waals surface area contributed by atoms with Gasteiger partial charge in [0.1, 0.15) is 6.10 Å². The van der Waals surface area contributed by atoms with Crippen molar-refractivity contribution in [3.05, 3.63) is 24.0 Å². The third-order valence-electron chi connectivity index (χ3n) is 1.53. The number of hydrogen-bond acceptors (Lipinski definition) is 0. The third-order valence-corrected chi connectivity index (χ3v) is 1.53. The molecule has 2 heteroatoms. The lowest BCUT2D eigenvalue weighted by Gasteiger charge is -2.08. The average molecular weight is 138 g/mol. The molecule has 10 heavy (non-hydrogen) atoms. The summed E-state index contributed by atoms with van der Waals surface area (Å²) in [7, 11) is 0. The Balaban J connectivity index is 2.68. The predicted molar refractivity (Wildman–Crippen MR) is 39.1 cm³/mol. The molecule has 55 valence electrons. The maximum absolute atomic E-state index is 11.3. The summed E-state index contributed by atoms with van der Waals surface area (Å²) < 4.78 is 0. The zero-order valence-corrected chi connectivity index (χ0v) is 6.29. The summed E-state index contributed by atoms with van der Waals surface area (Å²) in [5.41, 5.74) is 0.787. The highest BCUT2D eigenvalue weighted by atomic mass is 16.3. The molecule has 1 radical (unpaired) electrons. The van der Waals surface area contributed by atoms with Gasteiger partial charge in [0.2, 0.25) is 0 Å². The zero-order chi connectivity index (χ0) is 7.56. The number of hydrogen-bond donors (Lipinski definition) is 1. The molecule has 1 aromatic rings. The molecule has 0 aliphatic heterocycles. The number of aromatic nitrogens is 1. The zero-order valence-electron chi connectivity index (χ0n) is 6.29. The highest BCUT2D eigenvalue weighted by molar-refractivity contribution is 5.07. The minimum atomic E-state index is -0.602. The predicted octanol–water partition coefficient (Wildman–Crippen LogP) is 2.14. The quantitative estimate of drug-likeness (QED) is 0.650. The molecule has 2 nitrogen and oxygen atoms in total. The summed E-state index contributed by atoms with van der Waals surface area (Å²) >= 11 is 0. The molecule has 0 aliphatic rings. The fourth-order valence-corrected chi connectivity index (χ4v) is 0.880. The molecule has 0 saturated carbocycles. The Morgan fingerprint density at radius 2 is 2.20 bits per heavy atom. The first kappa shape index (κ1) is 7.35. The van der Waals surface area contributed by atoms with E-state index in [1.54, 1.807) is 6.20 Å². The van der Waals surface area contributed by atoms with Crippen molar-refractivity contribution in [2.75, 3.05) is 0 Å². The van der Waals surface area contributed by atoms with Crippen molar-refractivity contribution in [1.82, 2.24) is 4.98 Å². The molecule has 0 amide bonds. The number of H-pyrrole nitrogens is 1. The second-order valence-corrected chi connectivity index (χ2v) is 2.79. The monoisotopic (exact) mass is 138 g/mol. The standard InChI is InChI=1S/C8H12NO/c1-6(2)8(10)7-4-3-5-9-7/h3-6,8-9H,1-2H3. The summed E-state index contributed by atoms with van der Waals surface area (Å²) in [6.45, 7) is 3.86. The molecule has 0 bridgehead atoms. The fraction of sp³-hybridized carbons (Fsp3) is 0.500. The minimum Gasteiger partial charge on any atom is -0.363 e. The van der Waals surface area contributed by atoms with Crippen molar-refractivity contribution < 1.29 is 5.11 Å². The average Bonchev–Trinajstić information content (AvgIpc) is 2.36. The maximum Gasteiger partial charge on any atom is 0.135 e. The molecule has 1 aromatic heterocycles. The molecule has 0 spiro atoms. The molecule has 1 unspecified atom stereocenters. The van der Waals surface area contributed by atoms with E-state index >= 15 is 0 Å². The third kappa shape index (κ3) is 1.39. The Labute approximate surface area is 60.9 Å². The van der Waals surface area contributed by atoms with Crippen molar-refractivity contribution in [3.63, 3.8) is 0 Å². The first-order valence-electron chi connectivity index (χ1n) is 3.51. The molecule has 1 heterocycles. The Kier molecular flexibility index (Phi) is 2.12. The highest BCUT2D eigenvalue weighted by Crippen LogP contribution is 2.19. The summed E-state index contributed by atoms with van der Waals surface area (Å²) in [5.74, 6) is 0.165. The largest absolute Gasteiger partial charge is 0.363 e. The van der Waals surface area contributed by atoms with Gasteiger partial charge < -0.3 is 4.98 Å². The Bertz CT molecular complexity index is 179. The Morgan fingerprint density at radius 1 is 1.50 bits per heavy atom. The molecule has 1 rings (SSSR count). The van der Waals surface area contributed by atoms with Gasteiger partial charge in [-0.2, -0.15) is 0 Å². The first-order valence-corrected chi connectivity index (χ1v) is 3.51.